The molecule has 0 radical (unpaired) electrons. The van der Waals surface area contributed by atoms with Gasteiger partial charge in [0, 0.05) is 23.1 Å². The van der Waals surface area contributed by atoms with Crippen LogP contribution in [0, 0.1) is 11.3 Å². The smallest absolute Gasteiger partial charge is 0.0641 e. The summed E-state index contributed by atoms with van der Waals surface area (Å²) in [5, 5.41) is 9.67. The quantitative estimate of drug-likeness (QED) is 0.752. The van der Waals surface area contributed by atoms with E-state index in [-0.39, 0.29) is 6.04 Å². The van der Waals surface area contributed by atoms with E-state index in [2.05, 4.69) is 11.1 Å². The number of nitrogens with one attached hydrogen (secondary N) is 1. The third-order valence-corrected chi connectivity index (χ3v) is 2.33. The van der Waals surface area contributed by atoms with Gasteiger partial charge < -0.3 is 10.7 Å². The fourth-order valence-electron chi connectivity index (χ4n) is 1.61. The van der Waals surface area contributed by atoms with Crippen molar-refractivity contribution in [1.82, 2.24) is 4.98 Å². The number of fused-ring (bicyclic) bond motifs is 1. The molecule has 1 aromatic heterocycles. The number of rotatable bonds is 2. The van der Waals surface area contributed by atoms with E-state index in [0.29, 0.717) is 6.42 Å². The molecule has 1 heterocycles. The summed E-state index contributed by atoms with van der Waals surface area (Å²) in [7, 11) is 0. The van der Waals surface area contributed by atoms with Crippen molar-refractivity contribution in [3.8, 4) is 6.07 Å². The van der Waals surface area contributed by atoms with Crippen LogP contribution in [0.3, 0.4) is 0 Å². The zero-order chi connectivity index (χ0) is 9.97. The van der Waals surface area contributed by atoms with E-state index in [1.54, 1.807) is 0 Å². The number of benzene rings is 1. The molecular weight excluding hydrogens is 174 g/mol. The maximum Gasteiger partial charge on any atom is 0.0641 e. The number of nitrogens with zero attached hydrogens (tertiary/aromatic N) is 1. The number of hydrogen-bond donors (Lipinski definition) is 2. The van der Waals surface area contributed by atoms with Gasteiger partial charge in [0.05, 0.1) is 12.5 Å². The average molecular weight is 185 g/mol. The first kappa shape index (κ1) is 8.79. The summed E-state index contributed by atoms with van der Waals surface area (Å²) in [6.45, 7) is 0. The van der Waals surface area contributed by atoms with Crippen LogP contribution in [0.2, 0.25) is 0 Å². The summed E-state index contributed by atoms with van der Waals surface area (Å²) in [5.41, 5.74) is 7.96. The van der Waals surface area contributed by atoms with Gasteiger partial charge in [0.1, 0.15) is 0 Å². The summed E-state index contributed by atoms with van der Waals surface area (Å²) in [5.74, 6) is 0. The lowest BCUT2D eigenvalue weighted by Crippen LogP contribution is -2.08. The number of nitriles is 1. The van der Waals surface area contributed by atoms with Gasteiger partial charge in [0.15, 0.2) is 0 Å². The number of hydrogen-bond acceptors (Lipinski definition) is 2. The van der Waals surface area contributed by atoms with Gasteiger partial charge in [-0.05, 0) is 11.6 Å². The summed E-state index contributed by atoms with van der Waals surface area (Å²) >= 11 is 0. The zero-order valence-corrected chi connectivity index (χ0v) is 7.70. The highest BCUT2D eigenvalue weighted by Gasteiger charge is 2.10. The zero-order valence-electron chi connectivity index (χ0n) is 7.70. The second kappa shape index (κ2) is 3.52. The topological polar surface area (TPSA) is 65.6 Å². The van der Waals surface area contributed by atoms with E-state index in [0.717, 1.165) is 16.5 Å². The van der Waals surface area contributed by atoms with E-state index in [9.17, 15) is 0 Å². The molecule has 0 bridgehead atoms. The number of aromatic nitrogens is 1. The van der Waals surface area contributed by atoms with Crippen molar-refractivity contribution in [2.45, 2.75) is 12.5 Å². The molecule has 0 saturated heterocycles. The summed E-state index contributed by atoms with van der Waals surface area (Å²) in [6.07, 6.45) is 2.23. The Bertz CT molecular complexity index is 478. The SMILES string of the molecule is N#CCC(N)c1c[nH]c2ccccc12. The third-order valence-electron chi connectivity index (χ3n) is 2.33. The standard InChI is InChI=1S/C11H11N3/c12-6-5-10(13)9-7-14-11-4-2-1-3-8(9)11/h1-4,7,10,14H,5,13H2. The van der Waals surface area contributed by atoms with E-state index < -0.39 is 0 Å². The van der Waals surface area contributed by atoms with Crippen molar-refractivity contribution < 1.29 is 0 Å². The highest BCUT2D eigenvalue weighted by atomic mass is 14.7. The van der Waals surface area contributed by atoms with E-state index >= 15 is 0 Å². The lowest BCUT2D eigenvalue weighted by molar-refractivity contribution is 0.755. The molecule has 1 aromatic carbocycles. The van der Waals surface area contributed by atoms with Crippen LogP contribution in [0.1, 0.15) is 18.0 Å². The van der Waals surface area contributed by atoms with Crippen LogP contribution < -0.4 is 5.73 Å². The second-order valence-corrected chi connectivity index (χ2v) is 3.26. The summed E-state index contributed by atoms with van der Waals surface area (Å²) < 4.78 is 0. The molecule has 0 aliphatic rings. The van der Waals surface area contributed by atoms with E-state index in [4.69, 9.17) is 11.0 Å². The van der Waals surface area contributed by atoms with Crippen molar-refractivity contribution in [2.75, 3.05) is 0 Å². The van der Waals surface area contributed by atoms with Crippen LogP contribution >= 0.6 is 0 Å². The van der Waals surface area contributed by atoms with E-state index in [1.807, 2.05) is 30.5 Å². The second-order valence-electron chi connectivity index (χ2n) is 3.26. The Morgan fingerprint density at radius 3 is 3.00 bits per heavy atom. The number of nitrogens with two attached hydrogens (primary N) is 1. The van der Waals surface area contributed by atoms with Crippen LogP contribution in [0.5, 0.6) is 0 Å². The molecule has 1 unspecified atom stereocenters. The van der Waals surface area contributed by atoms with Gasteiger partial charge in [-0.2, -0.15) is 5.26 Å². The fraction of sp³-hybridized carbons (Fsp3) is 0.182. The molecule has 0 aliphatic heterocycles. The minimum absolute atomic E-state index is 0.198. The normalized spacial score (nSPS) is 12.6. The molecule has 3 nitrogen and oxygen atoms in total. The average Bonchev–Trinajstić information content (AvgIpc) is 2.61. The van der Waals surface area contributed by atoms with Gasteiger partial charge in [-0.15, -0.1) is 0 Å². The van der Waals surface area contributed by atoms with Gasteiger partial charge in [0.2, 0.25) is 0 Å². The molecule has 0 spiro atoms. The Balaban J connectivity index is 2.48. The van der Waals surface area contributed by atoms with Gasteiger partial charge in [-0.25, -0.2) is 0 Å². The Labute approximate surface area is 82.1 Å². The molecule has 2 rings (SSSR count). The molecule has 14 heavy (non-hydrogen) atoms. The molecule has 0 aliphatic carbocycles. The van der Waals surface area contributed by atoms with Gasteiger partial charge in [0.25, 0.3) is 0 Å². The molecule has 0 fully saturated rings. The largest absolute Gasteiger partial charge is 0.361 e. The van der Waals surface area contributed by atoms with Crippen molar-refractivity contribution in [1.29, 1.82) is 5.26 Å². The Hall–Kier alpha value is -1.79. The highest BCUT2D eigenvalue weighted by Crippen LogP contribution is 2.23. The lowest BCUT2D eigenvalue weighted by Gasteiger charge is -2.04. The van der Waals surface area contributed by atoms with Crippen LogP contribution in [0.25, 0.3) is 10.9 Å². The first-order valence-electron chi connectivity index (χ1n) is 4.51. The maximum absolute atomic E-state index is 8.57. The van der Waals surface area contributed by atoms with Crippen LogP contribution in [0.4, 0.5) is 0 Å². The van der Waals surface area contributed by atoms with Crippen molar-refractivity contribution in [3.05, 3.63) is 36.0 Å². The predicted molar refractivity (Wildman–Crippen MR) is 55.5 cm³/mol. The minimum atomic E-state index is -0.198. The van der Waals surface area contributed by atoms with Crippen molar-refractivity contribution in [3.63, 3.8) is 0 Å². The maximum atomic E-state index is 8.57. The molecule has 3 heteroatoms. The van der Waals surface area contributed by atoms with Gasteiger partial charge in [-0.1, -0.05) is 18.2 Å². The fourth-order valence-corrected chi connectivity index (χ4v) is 1.61. The van der Waals surface area contributed by atoms with Crippen LogP contribution in [0.15, 0.2) is 30.5 Å². The number of para-hydroxylation sites is 1. The number of aromatic amines is 1. The first-order chi connectivity index (χ1) is 6.83. The predicted octanol–water partition coefficient (Wildman–Crippen LogP) is 2.08. The third kappa shape index (κ3) is 1.36. The molecular formula is C11H11N3. The van der Waals surface area contributed by atoms with Crippen LogP contribution in [-0.2, 0) is 0 Å². The molecule has 3 N–H and O–H groups in total. The monoisotopic (exact) mass is 185 g/mol. The number of H-pyrrole nitrogens is 1. The summed E-state index contributed by atoms with van der Waals surface area (Å²) in [6, 6.07) is 9.84. The summed E-state index contributed by atoms with van der Waals surface area (Å²) in [4.78, 5) is 3.14. The molecule has 1 atom stereocenters. The first-order valence-corrected chi connectivity index (χ1v) is 4.51. The van der Waals surface area contributed by atoms with Crippen molar-refractivity contribution >= 4 is 10.9 Å². The minimum Gasteiger partial charge on any atom is -0.361 e. The van der Waals surface area contributed by atoms with Crippen LogP contribution in [-0.4, -0.2) is 4.98 Å². The van der Waals surface area contributed by atoms with Crippen molar-refractivity contribution in [2.24, 2.45) is 5.73 Å². The van der Waals surface area contributed by atoms with Gasteiger partial charge >= 0.3 is 0 Å². The highest BCUT2D eigenvalue weighted by molar-refractivity contribution is 5.83. The van der Waals surface area contributed by atoms with Gasteiger partial charge in [-0.3, -0.25) is 0 Å². The lowest BCUT2D eigenvalue weighted by atomic mass is 10.0. The molecule has 0 saturated carbocycles. The van der Waals surface area contributed by atoms with E-state index in [1.165, 1.54) is 0 Å². The molecule has 2 aromatic rings. The Kier molecular flexibility index (Phi) is 2.21. The molecule has 0 amide bonds. The molecule has 70 valence electrons. The Morgan fingerprint density at radius 1 is 1.43 bits per heavy atom. The Morgan fingerprint density at radius 2 is 2.21 bits per heavy atom.